The predicted molar refractivity (Wildman–Crippen MR) is 204 cm³/mol. The summed E-state index contributed by atoms with van der Waals surface area (Å²) in [5, 5.41) is 25.5. The summed E-state index contributed by atoms with van der Waals surface area (Å²) in [6.45, 7) is 10.3. The average Bonchev–Trinajstić information content (AvgIpc) is 3.15. The number of carbonyl (C=O) groups excluding carboxylic acids is 1. The van der Waals surface area contributed by atoms with Gasteiger partial charge in [-0.3, -0.25) is 0 Å². The van der Waals surface area contributed by atoms with Crippen molar-refractivity contribution in [2.75, 3.05) is 38.9 Å². The van der Waals surface area contributed by atoms with Crippen molar-refractivity contribution in [3.05, 3.63) is 66.2 Å². The van der Waals surface area contributed by atoms with E-state index in [0.717, 1.165) is 51.4 Å². The van der Waals surface area contributed by atoms with E-state index in [-0.39, 0.29) is 35.7 Å². The van der Waals surface area contributed by atoms with E-state index in [2.05, 4.69) is 48.0 Å². The summed E-state index contributed by atoms with van der Waals surface area (Å²) in [4.78, 5) is 26.3. The lowest BCUT2D eigenvalue weighted by Gasteiger charge is -2.17. The number of nitrogens with zero attached hydrogens (tertiary/aromatic N) is 3. The minimum atomic E-state index is -0.462. The Morgan fingerprint density at radius 1 is 0.712 bits per heavy atom. The smallest absolute Gasteiger partial charge is 0.338 e. The summed E-state index contributed by atoms with van der Waals surface area (Å²) in [5.74, 6) is 1.95. The second kappa shape index (κ2) is 20.8. The highest BCUT2D eigenvalue weighted by molar-refractivity contribution is 5.90. The molecule has 0 spiro atoms. The van der Waals surface area contributed by atoms with Crippen LogP contribution in [0.15, 0.2) is 60.7 Å². The molecule has 0 saturated heterocycles. The molecule has 0 saturated carbocycles. The largest absolute Gasteiger partial charge is 0.507 e. The van der Waals surface area contributed by atoms with Gasteiger partial charge in [0.15, 0.2) is 11.6 Å². The average molecular weight is 715 g/mol. The van der Waals surface area contributed by atoms with Crippen LogP contribution in [-0.2, 0) is 9.47 Å². The van der Waals surface area contributed by atoms with Crippen LogP contribution in [0.2, 0.25) is 0 Å². The minimum absolute atomic E-state index is 0.0555. The third kappa shape index (κ3) is 11.8. The van der Waals surface area contributed by atoms with Gasteiger partial charge < -0.3 is 34.5 Å². The van der Waals surface area contributed by atoms with Gasteiger partial charge in [0.2, 0.25) is 5.95 Å². The number of aromatic hydroxyl groups is 2. The minimum Gasteiger partial charge on any atom is -0.507 e. The number of methoxy groups -OCH3 is 1. The molecule has 11 nitrogen and oxygen atoms in total. The van der Waals surface area contributed by atoms with Gasteiger partial charge in [-0.05, 0) is 73.2 Å². The van der Waals surface area contributed by atoms with Crippen LogP contribution in [0.5, 0.6) is 23.0 Å². The number of anilines is 2. The van der Waals surface area contributed by atoms with Crippen LogP contribution >= 0.6 is 0 Å². The molecule has 0 amide bonds. The number of nitrogens with one attached hydrogen (secondary N) is 1. The molecular weight excluding hydrogens is 660 g/mol. The normalized spacial score (nSPS) is 12.2. The second-order valence-electron chi connectivity index (χ2n) is 13.0. The molecule has 0 aliphatic rings. The fourth-order valence-electron chi connectivity index (χ4n) is 5.60. The summed E-state index contributed by atoms with van der Waals surface area (Å²) in [7, 11) is 1.54. The Morgan fingerprint density at radius 3 is 1.67 bits per heavy atom. The van der Waals surface area contributed by atoms with Gasteiger partial charge in [0.25, 0.3) is 0 Å². The zero-order chi connectivity index (χ0) is 37.3. The molecule has 0 radical (unpaired) electrons. The van der Waals surface area contributed by atoms with Gasteiger partial charge in [-0.2, -0.15) is 9.97 Å². The van der Waals surface area contributed by atoms with Crippen LogP contribution in [0, 0.1) is 11.8 Å². The standard InChI is InChI=1S/C41H54N4O7/c1-6-10-12-28(8-3)26-51-32-18-20-34(36(46)24-32)38-43-39(35-21-19-33(25-37(35)47)52-27-29(9-4)13-11-7-2)45-41(44-38)42-31-16-14-30(15-17-31)40(48)50-23-22-49-5/h14-21,24-25,28-29,46-47H,6-13,22-23,26-27H2,1-5H3,(H,42,43,44,45). The van der Waals surface area contributed by atoms with Gasteiger partial charge in [0.05, 0.1) is 36.5 Å². The van der Waals surface area contributed by atoms with Crippen molar-refractivity contribution in [1.82, 2.24) is 15.0 Å². The molecule has 2 atom stereocenters. The molecule has 1 aromatic heterocycles. The van der Waals surface area contributed by atoms with Gasteiger partial charge in [-0.15, -0.1) is 0 Å². The zero-order valence-corrected chi connectivity index (χ0v) is 31.2. The zero-order valence-electron chi connectivity index (χ0n) is 31.2. The third-order valence-electron chi connectivity index (χ3n) is 9.01. The van der Waals surface area contributed by atoms with Crippen molar-refractivity contribution in [1.29, 1.82) is 0 Å². The highest BCUT2D eigenvalue weighted by Gasteiger charge is 2.18. The fourth-order valence-corrected chi connectivity index (χ4v) is 5.60. The fraction of sp³-hybridized carbons (Fsp3) is 0.463. The van der Waals surface area contributed by atoms with Gasteiger partial charge in [-0.25, -0.2) is 9.78 Å². The SMILES string of the molecule is CCCCC(CC)COc1ccc(-c2nc(Nc3ccc(C(=O)OCCOC)cc3)nc(-c3ccc(OCC(CC)CCCC)cc3O)n2)c(O)c1. The van der Waals surface area contributed by atoms with Crippen molar-refractivity contribution in [2.24, 2.45) is 11.8 Å². The van der Waals surface area contributed by atoms with Crippen LogP contribution in [0.25, 0.3) is 22.8 Å². The van der Waals surface area contributed by atoms with E-state index in [1.165, 1.54) is 7.11 Å². The first-order chi connectivity index (χ1) is 25.3. The van der Waals surface area contributed by atoms with Gasteiger partial charge in [0, 0.05) is 24.9 Å². The third-order valence-corrected chi connectivity index (χ3v) is 9.01. The Kier molecular flexibility index (Phi) is 16.0. The Balaban J connectivity index is 1.62. The molecule has 0 aliphatic heterocycles. The summed E-state index contributed by atoms with van der Waals surface area (Å²) >= 11 is 0. The summed E-state index contributed by atoms with van der Waals surface area (Å²) in [6, 6.07) is 16.8. The van der Waals surface area contributed by atoms with E-state index in [9.17, 15) is 15.0 Å². The number of rotatable bonds is 22. The first-order valence-electron chi connectivity index (χ1n) is 18.5. The molecule has 4 rings (SSSR count). The van der Waals surface area contributed by atoms with Gasteiger partial charge in [-0.1, -0.05) is 66.2 Å². The van der Waals surface area contributed by atoms with Crippen LogP contribution < -0.4 is 14.8 Å². The maximum atomic E-state index is 12.4. The molecule has 11 heteroatoms. The lowest BCUT2D eigenvalue weighted by molar-refractivity contribution is 0.0388. The van der Waals surface area contributed by atoms with Crippen LogP contribution in [0.4, 0.5) is 11.6 Å². The maximum absolute atomic E-state index is 12.4. The van der Waals surface area contributed by atoms with Crippen molar-refractivity contribution >= 4 is 17.6 Å². The number of aromatic nitrogens is 3. The topological polar surface area (TPSA) is 145 Å². The second-order valence-corrected chi connectivity index (χ2v) is 13.0. The van der Waals surface area contributed by atoms with E-state index >= 15 is 0 Å². The Hall–Kier alpha value is -4.90. The molecular formula is C41H54N4O7. The maximum Gasteiger partial charge on any atom is 0.338 e. The first kappa shape index (κ1) is 39.9. The number of benzene rings is 3. The molecule has 0 fully saturated rings. The van der Waals surface area contributed by atoms with Crippen LogP contribution in [0.3, 0.4) is 0 Å². The molecule has 0 bridgehead atoms. The molecule has 3 N–H and O–H groups in total. The number of carbonyl (C=O) groups is 1. The van der Waals surface area contributed by atoms with E-state index in [4.69, 9.17) is 18.9 Å². The predicted octanol–water partition coefficient (Wildman–Crippen LogP) is 9.35. The number of ether oxygens (including phenoxy) is 4. The van der Waals surface area contributed by atoms with E-state index in [1.54, 1.807) is 60.7 Å². The Labute approximate surface area is 307 Å². The first-order valence-corrected chi connectivity index (χ1v) is 18.5. The van der Waals surface area contributed by atoms with E-state index < -0.39 is 5.97 Å². The number of unbranched alkanes of at least 4 members (excludes halogenated alkanes) is 2. The molecule has 0 aliphatic carbocycles. The van der Waals surface area contributed by atoms with Crippen molar-refractivity contribution in [2.45, 2.75) is 79.1 Å². The number of phenols is 2. The highest BCUT2D eigenvalue weighted by atomic mass is 16.6. The van der Waals surface area contributed by atoms with Crippen molar-refractivity contribution in [3.63, 3.8) is 0 Å². The number of hydrogen-bond donors (Lipinski definition) is 3. The van der Waals surface area contributed by atoms with Gasteiger partial charge >= 0.3 is 5.97 Å². The highest BCUT2D eigenvalue weighted by Crippen LogP contribution is 2.36. The molecule has 1 heterocycles. The number of phenolic OH excluding ortho intramolecular Hbond substituents is 2. The molecule has 3 aromatic carbocycles. The van der Waals surface area contributed by atoms with Crippen LogP contribution in [-0.4, -0.2) is 64.7 Å². The van der Waals surface area contributed by atoms with E-state index in [1.807, 2.05) is 0 Å². The Morgan fingerprint density at radius 2 is 1.23 bits per heavy atom. The monoisotopic (exact) mass is 714 g/mol. The van der Waals surface area contributed by atoms with Crippen molar-refractivity contribution in [3.8, 4) is 45.8 Å². The summed E-state index contributed by atoms with van der Waals surface area (Å²) in [6.07, 6.45) is 8.82. The van der Waals surface area contributed by atoms with Crippen LogP contribution in [0.1, 0.15) is 89.4 Å². The number of esters is 1. The number of hydrogen-bond acceptors (Lipinski definition) is 11. The molecule has 2 unspecified atom stereocenters. The molecule has 52 heavy (non-hydrogen) atoms. The molecule has 280 valence electrons. The van der Waals surface area contributed by atoms with Gasteiger partial charge in [0.1, 0.15) is 29.6 Å². The van der Waals surface area contributed by atoms with E-state index in [0.29, 0.717) is 65.5 Å². The Bertz CT molecular complexity index is 1610. The quantitative estimate of drug-likeness (QED) is 0.0529. The lowest BCUT2D eigenvalue weighted by Crippen LogP contribution is -2.11. The summed E-state index contributed by atoms with van der Waals surface area (Å²) in [5.41, 5.74) is 1.70. The lowest BCUT2D eigenvalue weighted by atomic mass is 10.0. The molecule has 4 aromatic rings. The summed E-state index contributed by atoms with van der Waals surface area (Å²) < 4.78 is 22.3. The van der Waals surface area contributed by atoms with Crippen molar-refractivity contribution < 1.29 is 34.0 Å².